The van der Waals surface area contributed by atoms with Gasteiger partial charge in [-0.15, -0.1) is 0 Å². The van der Waals surface area contributed by atoms with E-state index in [2.05, 4.69) is 11.8 Å². The Kier molecular flexibility index (Phi) is 4.54. The van der Waals surface area contributed by atoms with Crippen LogP contribution in [0.4, 0.5) is 0 Å². The summed E-state index contributed by atoms with van der Waals surface area (Å²) in [7, 11) is 0. The van der Waals surface area contributed by atoms with Crippen molar-refractivity contribution in [3.8, 4) is 0 Å². The molecule has 0 unspecified atom stereocenters. The number of rotatable bonds is 3. The summed E-state index contributed by atoms with van der Waals surface area (Å²) < 4.78 is 0. The lowest BCUT2D eigenvalue weighted by molar-refractivity contribution is -0.139. The summed E-state index contributed by atoms with van der Waals surface area (Å²) in [6.07, 6.45) is 1.95. The Labute approximate surface area is 67.2 Å². The number of carbonyl (C=O) groups excluding carboxylic acids is 1. The van der Waals surface area contributed by atoms with Crippen LogP contribution in [0.3, 0.4) is 0 Å². The molecule has 0 saturated carbocycles. The molecular weight excluding hydrogens is 142 g/mol. The van der Waals surface area contributed by atoms with Crippen molar-refractivity contribution in [2.24, 2.45) is 5.90 Å². The van der Waals surface area contributed by atoms with Gasteiger partial charge in [-0.1, -0.05) is 18.9 Å². The summed E-state index contributed by atoms with van der Waals surface area (Å²) in [5, 5.41) is 0. The van der Waals surface area contributed by atoms with E-state index >= 15 is 0 Å². The third kappa shape index (κ3) is 3.18. The molecule has 11 heavy (non-hydrogen) atoms. The lowest BCUT2D eigenvalue weighted by atomic mass is 10.1. The van der Waals surface area contributed by atoms with Crippen molar-refractivity contribution < 1.29 is 9.63 Å². The third-order valence-electron chi connectivity index (χ3n) is 1.68. The van der Waals surface area contributed by atoms with Gasteiger partial charge >= 0.3 is 5.97 Å². The number of hydrogen-bond acceptors (Lipinski definition) is 3. The highest BCUT2D eigenvalue weighted by molar-refractivity contribution is 5.88. The summed E-state index contributed by atoms with van der Waals surface area (Å²) in [5.41, 5.74) is 1.66. The summed E-state index contributed by atoms with van der Waals surface area (Å²) in [6, 6.07) is 0. The van der Waals surface area contributed by atoms with Gasteiger partial charge < -0.3 is 4.84 Å². The van der Waals surface area contributed by atoms with E-state index in [1.165, 1.54) is 0 Å². The summed E-state index contributed by atoms with van der Waals surface area (Å²) in [5.74, 6) is 4.29. The smallest absolute Gasteiger partial charge is 0.352 e. The first-order valence-corrected chi connectivity index (χ1v) is 3.70. The van der Waals surface area contributed by atoms with E-state index in [9.17, 15) is 4.79 Å². The van der Waals surface area contributed by atoms with Crippen LogP contribution in [0.2, 0.25) is 0 Å². The first-order valence-electron chi connectivity index (χ1n) is 3.70. The Morgan fingerprint density at radius 1 is 1.45 bits per heavy atom. The zero-order valence-electron chi connectivity index (χ0n) is 7.31. The fraction of sp³-hybridized carbons (Fsp3) is 0.625. The SMILES string of the molecule is CCC/C(C)=C(\C)C(=O)ON. The second kappa shape index (κ2) is 4.91. The summed E-state index contributed by atoms with van der Waals surface area (Å²) in [6.45, 7) is 5.69. The van der Waals surface area contributed by atoms with Crippen LogP contribution in [0.15, 0.2) is 11.1 Å². The molecule has 64 valence electrons. The normalized spacial score (nSPS) is 12.4. The molecule has 0 radical (unpaired) electrons. The Morgan fingerprint density at radius 2 is 2.00 bits per heavy atom. The van der Waals surface area contributed by atoms with Crippen LogP contribution >= 0.6 is 0 Å². The molecule has 0 aromatic carbocycles. The van der Waals surface area contributed by atoms with E-state index in [1.807, 2.05) is 6.92 Å². The largest absolute Gasteiger partial charge is 0.370 e. The zero-order chi connectivity index (χ0) is 8.85. The minimum atomic E-state index is -0.434. The van der Waals surface area contributed by atoms with Gasteiger partial charge in [-0.2, -0.15) is 5.90 Å². The van der Waals surface area contributed by atoms with Crippen LogP contribution in [0.1, 0.15) is 33.6 Å². The minimum absolute atomic E-state index is 0.434. The second-order valence-corrected chi connectivity index (χ2v) is 2.56. The number of hydrogen-bond donors (Lipinski definition) is 1. The van der Waals surface area contributed by atoms with Crippen molar-refractivity contribution in [2.75, 3.05) is 0 Å². The maximum atomic E-state index is 10.8. The molecule has 0 aromatic heterocycles. The lowest BCUT2D eigenvalue weighted by Gasteiger charge is -2.02. The Morgan fingerprint density at radius 3 is 2.36 bits per heavy atom. The van der Waals surface area contributed by atoms with Crippen LogP contribution in [0.25, 0.3) is 0 Å². The van der Waals surface area contributed by atoms with E-state index in [-0.39, 0.29) is 0 Å². The Hall–Kier alpha value is -0.830. The van der Waals surface area contributed by atoms with Gasteiger partial charge in [0, 0.05) is 5.57 Å². The molecule has 0 amide bonds. The molecule has 2 N–H and O–H groups in total. The van der Waals surface area contributed by atoms with Crippen molar-refractivity contribution in [2.45, 2.75) is 33.6 Å². The van der Waals surface area contributed by atoms with Crippen LogP contribution in [-0.4, -0.2) is 5.97 Å². The lowest BCUT2D eigenvalue weighted by Crippen LogP contribution is -2.11. The van der Waals surface area contributed by atoms with Gasteiger partial charge in [0.1, 0.15) is 0 Å². The highest BCUT2D eigenvalue weighted by Gasteiger charge is 2.06. The zero-order valence-corrected chi connectivity index (χ0v) is 7.31. The molecule has 0 aliphatic heterocycles. The van der Waals surface area contributed by atoms with Gasteiger partial charge in [-0.3, -0.25) is 0 Å². The van der Waals surface area contributed by atoms with Gasteiger partial charge in [-0.25, -0.2) is 4.79 Å². The van der Waals surface area contributed by atoms with Gasteiger partial charge in [0.15, 0.2) is 0 Å². The molecule has 0 fully saturated rings. The maximum Gasteiger partial charge on any atom is 0.352 e. The maximum absolute atomic E-state index is 10.8. The van der Waals surface area contributed by atoms with Crippen LogP contribution in [0.5, 0.6) is 0 Å². The summed E-state index contributed by atoms with van der Waals surface area (Å²) in [4.78, 5) is 14.9. The quantitative estimate of drug-likeness (QED) is 0.499. The molecule has 0 bridgehead atoms. The van der Waals surface area contributed by atoms with Crippen molar-refractivity contribution in [3.63, 3.8) is 0 Å². The van der Waals surface area contributed by atoms with Crippen LogP contribution < -0.4 is 5.90 Å². The monoisotopic (exact) mass is 157 g/mol. The van der Waals surface area contributed by atoms with Gasteiger partial charge in [-0.05, 0) is 20.3 Å². The molecule has 3 heteroatoms. The molecule has 0 rings (SSSR count). The van der Waals surface area contributed by atoms with Crippen molar-refractivity contribution >= 4 is 5.97 Å². The number of nitrogens with two attached hydrogens (primary N) is 1. The third-order valence-corrected chi connectivity index (χ3v) is 1.68. The predicted octanol–water partition coefficient (Wildman–Crippen LogP) is 1.54. The molecule has 0 heterocycles. The highest BCUT2D eigenvalue weighted by Crippen LogP contribution is 2.10. The van der Waals surface area contributed by atoms with Crippen LogP contribution in [0, 0.1) is 0 Å². The van der Waals surface area contributed by atoms with E-state index in [0.29, 0.717) is 5.57 Å². The Balaban J connectivity index is 4.26. The molecule has 0 aliphatic carbocycles. The first kappa shape index (κ1) is 10.2. The number of allylic oxidation sites excluding steroid dienone is 1. The van der Waals surface area contributed by atoms with E-state index in [4.69, 9.17) is 5.90 Å². The highest BCUT2D eigenvalue weighted by atomic mass is 16.7. The average Bonchev–Trinajstić information content (AvgIpc) is 2.02. The molecule has 0 atom stereocenters. The van der Waals surface area contributed by atoms with Gasteiger partial charge in [0.25, 0.3) is 0 Å². The van der Waals surface area contributed by atoms with Crippen LogP contribution in [-0.2, 0) is 9.63 Å². The Bertz CT molecular complexity index is 173. The summed E-state index contributed by atoms with van der Waals surface area (Å²) >= 11 is 0. The first-order chi connectivity index (χ1) is 5.13. The molecule has 0 spiro atoms. The second-order valence-electron chi connectivity index (χ2n) is 2.56. The van der Waals surface area contributed by atoms with E-state index in [0.717, 1.165) is 18.4 Å². The fourth-order valence-electron chi connectivity index (χ4n) is 0.825. The molecule has 3 nitrogen and oxygen atoms in total. The van der Waals surface area contributed by atoms with Gasteiger partial charge in [0.2, 0.25) is 0 Å². The predicted molar refractivity (Wildman–Crippen MR) is 43.6 cm³/mol. The van der Waals surface area contributed by atoms with E-state index < -0.39 is 5.97 Å². The van der Waals surface area contributed by atoms with Crippen molar-refractivity contribution in [1.29, 1.82) is 0 Å². The number of carbonyl (C=O) groups is 1. The van der Waals surface area contributed by atoms with Crippen molar-refractivity contribution in [1.82, 2.24) is 0 Å². The molecule has 0 aromatic rings. The molecule has 0 saturated heterocycles. The standard InChI is InChI=1S/C8H15NO2/c1-4-5-6(2)7(3)8(10)11-9/h4-5,9H2,1-3H3/b7-6+. The van der Waals surface area contributed by atoms with E-state index in [1.54, 1.807) is 6.92 Å². The molecule has 0 aliphatic rings. The fourth-order valence-corrected chi connectivity index (χ4v) is 0.825. The van der Waals surface area contributed by atoms with Crippen molar-refractivity contribution in [3.05, 3.63) is 11.1 Å². The minimum Gasteiger partial charge on any atom is -0.370 e. The average molecular weight is 157 g/mol. The molecular formula is C8H15NO2. The van der Waals surface area contributed by atoms with Gasteiger partial charge in [0.05, 0.1) is 0 Å². The topological polar surface area (TPSA) is 52.3 Å².